The van der Waals surface area contributed by atoms with Crippen molar-refractivity contribution in [3.05, 3.63) is 34.3 Å². The van der Waals surface area contributed by atoms with Gasteiger partial charge in [-0.05, 0) is 36.6 Å². The SMILES string of the molecule is CCCCC(NN)c1ccc(Cl)cc1C. The van der Waals surface area contributed by atoms with Crippen molar-refractivity contribution in [2.75, 3.05) is 0 Å². The number of hydrazine groups is 1. The van der Waals surface area contributed by atoms with Crippen LogP contribution in [0.2, 0.25) is 5.02 Å². The monoisotopic (exact) mass is 226 g/mol. The van der Waals surface area contributed by atoms with Gasteiger partial charge in [0.05, 0.1) is 0 Å². The Balaban J connectivity index is 2.81. The zero-order chi connectivity index (χ0) is 11.3. The Hall–Kier alpha value is -0.570. The summed E-state index contributed by atoms with van der Waals surface area (Å²) in [7, 11) is 0. The van der Waals surface area contributed by atoms with Crippen molar-refractivity contribution < 1.29 is 0 Å². The van der Waals surface area contributed by atoms with Gasteiger partial charge in [0.25, 0.3) is 0 Å². The molecule has 1 atom stereocenters. The van der Waals surface area contributed by atoms with E-state index in [1.165, 1.54) is 24.0 Å². The van der Waals surface area contributed by atoms with Crippen LogP contribution >= 0.6 is 11.6 Å². The van der Waals surface area contributed by atoms with Crippen LogP contribution in [0.25, 0.3) is 0 Å². The molecule has 0 saturated heterocycles. The highest BCUT2D eigenvalue weighted by Gasteiger charge is 2.11. The van der Waals surface area contributed by atoms with Gasteiger partial charge in [-0.3, -0.25) is 11.3 Å². The number of hydrogen-bond donors (Lipinski definition) is 2. The van der Waals surface area contributed by atoms with E-state index >= 15 is 0 Å². The van der Waals surface area contributed by atoms with Crippen LogP contribution in [-0.4, -0.2) is 0 Å². The quantitative estimate of drug-likeness (QED) is 0.597. The lowest BCUT2D eigenvalue weighted by Crippen LogP contribution is -2.28. The molecule has 3 heteroatoms. The van der Waals surface area contributed by atoms with Gasteiger partial charge in [0, 0.05) is 11.1 Å². The fraction of sp³-hybridized carbons (Fsp3) is 0.500. The first kappa shape index (κ1) is 12.5. The number of unbranched alkanes of at least 4 members (excludes halogenated alkanes) is 1. The zero-order valence-electron chi connectivity index (χ0n) is 9.39. The number of benzene rings is 1. The number of nitrogens with two attached hydrogens (primary N) is 1. The molecule has 0 heterocycles. The molecule has 1 aromatic rings. The molecule has 0 saturated carbocycles. The standard InChI is InChI=1S/C12H19ClN2/c1-3-4-5-12(15-14)11-7-6-10(13)8-9(11)2/h6-8,12,15H,3-5,14H2,1-2H3. The van der Waals surface area contributed by atoms with Crippen molar-refractivity contribution in [3.63, 3.8) is 0 Å². The molecule has 3 N–H and O–H groups in total. The summed E-state index contributed by atoms with van der Waals surface area (Å²) in [5.41, 5.74) is 5.31. The topological polar surface area (TPSA) is 38.0 Å². The van der Waals surface area contributed by atoms with Crippen LogP contribution < -0.4 is 11.3 Å². The van der Waals surface area contributed by atoms with Crippen LogP contribution in [-0.2, 0) is 0 Å². The fourth-order valence-electron chi connectivity index (χ4n) is 1.77. The maximum absolute atomic E-state index is 5.92. The minimum atomic E-state index is 0.238. The van der Waals surface area contributed by atoms with Crippen LogP contribution in [0.3, 0.4) is 0 Å². The van der Waals surface area contributed by atoms with Crippen LogP contribution in [0, 0.1) is 6.92 Å². The summed E-state index contributed by atoms with van der Waals surface area (Å²) >= 11 is 5.92. The van der Waals surface area contributed by atoms with Crippen molar-refractivity contribution in [2.24, 2.45) is 5.84 Å². The molecule has 0 aliphatic carbocycles. The molecule has 1 unspecified atom stereocenters. The lowest BCUT2D eigenvalue weighted by Gasteiger charge is -2.18. The molecule has 0 bridgehead atoms. The van der Waals surface area contributed by atoms with Gasteiger partial charge in [-0.1, -0.05) is 37.4 Å². The summed E-state index contributed by atoms with van der Waals surface area (Å²) < 4.78 is 0. The highest BCUT2D eigenvalue weighted by Crippen LogP contribution is 2.24. The van der Waals surface area contributed by atoms with Gasteiger partial charge in [0.2, 0.25) is 0 Å². The highest BCUT2D eigenvalue weighted by molar-refractivity contribution is 6.30. The Labute approximate surface area is 96.8 Å². The Bertz CT molecular complexity index is 312. The van der Waals surface area contributed by atoms with E-state index in [9.17, 15) is 0 Å². The molecule has 1 aromatic carbocycles. The predicted octanol–water partition coefficient (Wildman–Crippen LogP) is 3.34. The fourth-order valence-corrected chi connectivity index (χ4v) is 1.99. The van der Waals surface area contributed by atoms with Crippen molar-refractivity contribution in [1.82, 2.24) is 5.43 Å². The van der Waals surface area contributed by atoms with E-state index in [1.54, 1.807) is 0 Å². The molecule has 0 amide bonds. The summed E-state index contributed by atoms with van der Waals surface area (Å²) in [5, 5.41) is 0.780. The zero-order valence-corrected chi connectivity index (χ0v) is 10.1. The van der Waals surface area contributed by atoms with E-state index in [0.717, 1.165) is 11.4 Å². The minimum absolute atomic E-state index is 0.238. The van der Waals surface area contributed by atoms with Gasteiger partial charge in [0.1, 0.15) is 0 Å². The van der Waals surface area contributed by atoms with Gasteiger partial charge >= 0.3 is 0 Å². The van der Waals surface area contributed by atoms with E-state index < -0.39 is 0 Å². The van der Waals surface area contributed by atoms with Gasteiger partial charge < -0.3 is 0 Å². The largest absolute Gasteiger partial charge is 0.271 e. The Kier molecular flexibility index (Phi) is 5.09. The van der Waals surface area contributed by atoms with Crippen molar-refractivity contribution in [2.45, 2.75) is 39.2 Å². The normalized spacial score (nSPS) is 12.8. The summed E-state index contributed by atoms with van der Waals surface area (Å²) in [4.78, 5) is 0. The third kappa shape index (κ3) is 3.49. The Morgan fingerprint density at radius 3 is 2.73 bits per heavy atom. The van der Waals surface area contributed by atoms with E-state index in [-0.39, 0.29) is 6.04 Å². The molecule has 0 aliphatic heterocycles. The van der Waals surface area contributed by atoms with Gasteiger partial charge in [0.15, 0.2) is 0 Å². The first-order chi connectivity index (χ1) is 7.19. The van der Waals surface area contributed by atoms with E-state index in [0.29, 0.717) is 0 Å². The average molecular weight is 227 g/mol. The van der Waals surface area contributed by atoms with Crippen molar-refractivity contribution in [3.8, 4) is 0 Å². The third-order valence-corrected chi connectivity index (χ3v) is 2.89. The summed E-state index contributed by atoms with van der Waals surface area (Å²) in [6, 6.07) is 6.19. The molecule has 84 valence electrons. The second-order valence-electron chi connectivity index (χ2n) is 3.86. The van der Waals surface area contributed by atoms with E-state index in [4.69, 9.17) is 17.4 Å². The van der Waals surface area contributed by atoms with E-state index in [1.807, 2.05) is 12.1 Å². The molecule has 1 rings (SSSR count). The summed E-state index contributed by atoms with van der Waals surface area (Å²) in [5.74, 6) is 5.57. The maximum Gasteiger partial charge on any atom is 0.0462 e. The van der Waals surface area contributed by atoms with Gasteiger partial charge in [-0.25, -0.2) is 0 Å². The molecule has 15 heavy (non-hydrogen) atoms. The molecule has 0 aliphatic rings. The molecule has 0 radical (unpaired) electrons. The van der Waals surface area contributed by atoms with Crippen molar-refractivity contribution in [1.29, 1.82) is 0 Å². The summed E-state index contributed by atoms with van der Waals surface area (Å²) in [6.45, 7) is 4.25. The second kappa shape index (κ2) is 6.11. The molecule has 0 aromatic heterocycles. The number of rotatable bonds is 5. The smallest absolute Gasteiger partial charge is 0.0462 e. The van der Waals surface area contributed by atoms with Crippen LogP contribution in [0.5, 0.6) is 0 Å². The molecule has 0 fully saturated rings. The average Bonchev–Trinajstić information content (AvgIpc) is 2.21. The van der Waals surface area contributed by atoms with Crippen molar-refractivity contribution >= 4 is 11.6 Å². The van der Waals surface area contributed by atoms with Crippen LogP contribution in [0.1, 0.15) is 43.4 Å². The van der Waals surface area contributed by atoms with Crippen LogP contribution in [0.4, 0.5) is 0 Å². The number of nitrogens with one attached hydrogen (secondary N) is 1. The highest BCUT2D eigenvalue weighted by atomic mass is 35.5. The van der Waals surface area contributed by atoms with Gasteiger partial charge in [-0.15, -0.1) is 0 Å². The molecular weight excluding hydrogens is 208 g/mol. The Morgan fingerprint density at radius 2 is 2.20 bits per heavy atom. The minimum Gasteiger partial charge on any atom is -0.271 e. The number of hydrogen-bond acceptors (Lipinski definition) is 2. The molecular formula is C12H19ClN2. The lowest BCUT2D eigenvalue weighted by molar-refractivity contribution is 0.493. The first-order valence-electron chi connectivity index (χ1n) is 5.41. The first-order valence-corrected chi connectivity index (χ1v) is 5.79. The maximum atomic E-state index is 5.92. The Morgan fingerprint density at radius 1 is 1.47 bits per heavy atom. The summed E-state index contributed by atoms with van der Waals surface area (Å²) in [6.07, 6.45) is 3.43. The number of aryl methyl sites for hydroxylation is 1. The van der Waals surface area contributed by atoms with E-state index in [2.05, 4.69) is 25.3 Å². The second-order valence-corrected chi connectivity index (χ2v) is 4.30. The lowest BCUT2D eigenvalue weighted by atomic mass is 9.97. The third-order valence-electron chi connectivity index (χ3n) is 2.65. The predicted molar refractivity (Wildman–Crippen MR) is 65.8 cm³/mol. The molecule has 2 nitrogen and oxygen atoms in total. The van der Waals surface area contributed by atoms with Gasteiger partial charge in [-0.2, -0.15) is 0 Å². The molecule has 0 spiro atoms. The van der Waals surface area contributed by atoms with Crippen LogP contribution in [0.15, 0.2) is 18.2 Å². The number of halogens is 1.